The van der Waals surface area contributed by atoms with Gasteiger partial charge in [0.15, 0.2) is 0 Å². The topological polar surface area (TPSA) is 59.1 Å². The van der Waals surface area contributed by atoms with Crippen molar-refractivity contribution >= 4 is 32.6 Å². The zero-order valence-electron chi connectivity index (χ0n) is 9.77. The van der Waals surface area contributed by atoms with E-state index < -0.39 is 10.8 Å². The molecule has 1 N–H and O–H groups in total. The summed E-state index contributed by atoms with van der Waals surface area (Å²) >= 11 is 3.26. The second-order valence-corrected chi connectivity index (χ2v) is 6.46. The normalized spacial score (nSPS) is 14.1. The molecule has 4 nitrogen and oxygen atoms in total. The van der Waals surface area contributed by atoms with Crippen LogP contribution in [0.4, 0.5) is 0 Å². The summed E-state index contributed by atoms with van der Waals surface area (Å²) in [6.45, 7) is 2.43. The van der Waals surface area contributed by atoms with E-state index in [1.54, 1.807) is 18.5 Å². The SMILES string of the molecule is CC(CCNC(=O)c1cncc(Br)c1)S(C)=O. The van der Waals surface area contributed by atoms with Gasteiger partial charge in [-0.25, -0.2) is 0 Å². The van der Waals surface area contributed by atoms with Gasteiger partial charge in [0.25, 0.3) is 5.91 Å². The average molecular weight is 319 g/mol. The Labute approximate surface area is 112 Å². The number of amides is 1. The molecule has 0 saturated carbocycles. The van der Waals surface area contributed by atoms with Crippen molar-refractivity contribution in [2.24, 2.45) is 0 Å². The molecule has 1 rings (SSSR count). The van der Waals surface area contributed by atoms with Crippen LogP contribution in [-0.2, 0) is 10.8 Å². The van der Waals surface area contributed by atoms with E-state index in [2.05, 4.69) is 26.2 Å². The number of pyridine rings is 1. The molecule has 94 valence electrons. The van der Waals surface area contributed by atoms with Gasteiger partial charge >= 0.3 is 0 Å². The first-order valence-corrected chi connectivity index (χ1v) is 7.63. The number of hydrogen-bond donors (Lipinski definition) is 1. The Morgan fingerprint density at radius 2 is 2.29 bits per heavy atom. The minimum absolute atomic E-state index is 0.0935. The summed E-state index contributed by atoms with van der Waals surface area (Å²) in [5.41, 5.74) is 0.518. The minimum atomic E-state index is -0.844. The van der Waals surface area contributed by atoms with Crippen molar-refractivity contribution in [3.05, 3.63) is 28.5 Å². The molecule has 17 heavy (non-hydrogen) atoms. The first-order chi connectivity index (χ1) is 8.00. The van der Waals surface area contributed by atoms with Crippen LogP contribution < -0.4 is 5.32 Å². The van der Waals surface area contributed by atoms with Crippen LogP contribution in [0.25, 0.3) is 0 Å². The highest BCUT2D eigenvalue weighted by Gasteiger charge is 2.09. The minimum Gasteiger partial charge on any atom is -0.352 e. The van der Waals surface area contributed by atoms with E-state index in [1.165, 1.54) is 6.20 Å². The summed E-state index contributed by atoms with van der Waals surface area (Å²) in [4.78, 5) is 15.6. The lowest BCUT2D eigenvalue weighted by atomic mass is 10.2. The Balaban J connectivity index is 2.43. The predicted octanol–water partition coefficient (Wildman–Crippen LogP) is 1.73. The third kappa shape index (κ3) is 4.95. The number of halogens is 1. The molecule has 0 aliphatic carbocycles. The Hall–Kier alpha value is -0.750. The first-order valence-electron chi connectivity index (χ1n) is 5.21. The van der Waals surface area contributed by atoms with Gasteiger partial charge in [0.1, 0.15) is 0 Å². The van der Waals surface area contributed by atoms with Gasteiger partial charge in [-0.3, -0.25) is 14.0 Å². The van der Waals surface area contributed by atoms with E-state index in [0.717, 1.165) is 4.47 Å². The largest absolute Gasteiger partial charge is 0.352 e. The molecule has 0 saturated heterocycles. The maximum atomic E-state index is 11.7. The standard InChI is InChI=1S/C11H15BrN2O2S/c1-8(17(2)16)3-4-14-11(15)9-5-10(12)7-13-6-9/h5-8H,3-4H2,1-2H3,(H,14,15). The quantitative estimate of drug-likeness (QED) is 0.899. The van der Waals surface area contributed by atoms with Crippen LogP contribution in [0.3, 0.4) is 0 Å². The molecule has 0 radical (unpaired) electrons. The van der Waals surface area contributed by atoms with E-state index >= 15 is 0 Å². The van der Waals surface area contributed by atoms with E-state index in [0.29, 0.717) is 18.5 Å². The van der Waals surface area contributed by atoms with Gasteiger partial charge < -0.3 is 5.32 Å². The lowest BCUT2D eigenvalue weighted by molar-refractivity contribution is 0.0953. The summed E-state index contributed by atoms with van der Waals surface area (Å²) in [5, 5.41) is 2.87. The molecule has 2 unspecified atom stereocenters. The van der Waals surface area contributed by atoms with Crippen LogP contribution >= 0.6 is 15.9 Å². The van der Waals surface area contributed by atoms with Crippen molar-refractivity contribution in [2.75, 3.05) is 12.8 Å². The van der Waals surface area contributed by atoms with Gasteiger partial charge in [0.05, 0.1) is 5.56 Å². The van der Waals surface area contributed by atoms with Crippen LogP contribution in [-0.4, -0.2) is 33.2 Å². The van der Waals surface area contributed by atoms with Crippen LogP contribution in [0, 0.1) is 0 Å². The first kappa shape index (κ1) is 14.3. The fraction of sp³-hybridized carbons (Fsp3) is 0.455. The second kappa shape index (κ2) is 6.86. The van der Waals surface area contributed by atoms with Crippen LogP contribution in [0.5, 0.6) is 0 Å². The summed E-state index contributed by atoms with van der Waals surface area (Å²) in [6.07, 6.45) is 5.52. The molecule has 6 heteroatoms. The van der Waals surface area contributed by atoms with Crippen LogP contribution in [0.1, 0.15) is 23.7 Å². The van der Waals surface area contributed by atoms with Gasteiger partial charge in [0, 0.05) is 45.7 Å². The van der Waals surface area contributed by atoms with Crippen molar-refractivity contribution in [1.29, 1.82) is 0 Å². The van der Waals surface area contributed by atoms with Gasteiger partial charge in [-0.2, -0.15) is 0 Å². The Morgan fingerprint density at radius 3 is 2.88 bits per heavy atom. The Morgan fingerprint density at radius 1 is 1.59 bits per heavy atom. The summed E-state index contributed by atoms with van der Waals surface area (Å²) in [7, 11) is -0.844. The van der Waals surface area contributed by atoms with Crippen LogP contribution in [0.2, 0.25) is 0 Å². The van der Waals surface area contributed by atoms with Crippen molar-refractivity contribution in [2.45, 2.75) is 18.6 Å². The fourth-order valence-corrected chi connectivity index (χ4v) is 2.01. The lowest BCUT2D eigenvalue weighted by Gasteiger charge is -2.09. The maximum absolute atomic E-state index is 11.7. The number of nitrogens with zero attached hydrogens (tertiary/aromatic N) is 1. The number of rotatable bonds is 5. The lowest BCUT2D eigenvalue weighted by Crippen LogP contribution is -2.27. The van der Waals surface area contributed by atoms with Crippen molar-refractivity contribution < 1.29 is 9.00 Å². The smallest absolute Gasteiger partial charge is 0.252 e. The number of hydrogen-bond acceptors (Lipinski definition) is 3. The number of aromatic nitrogens is 1. The number of nitrogens with one attached hydrogen (secondary N) is 1. The summed E-state index contributed by atoms with van der Waals surface area (Å²) < 4.78 is 11.9. The van der Waals surface area contributed by atoms with E-state index in [-0.39, 0.29) is 11.2 Å². The highest BCUT2D eigenvalue weighted by atomic mass is 79.9. The molecule has 1 aromatic rings. The molecule has 1 heterocycles. The average Bonchev–Trinajstić information content (AvgIpc) is 2.28. The third-order valence-electron chi connectivity index (χ3n) is 2.37. The summed E-state index contributed by atoms with van der Waals surface area (Å²) in [6, 6.07) is 1.71. The highest BCUT2D eigenvalue weighted by molar-refractivity contribution is 9.10. The molecule has 0 aromatic carbocycles. The van der Waals surface area contributed by atoms with Crippen molar-refractivity contribution in [3.8, 4) is 0 Å². The highest BCUT2D eigenvalue weighted by Crippen LogP contribution is 2.09. The van der Waals surface area contributed by atoms with Gasteiger partial charge in [-0.1, -0.05) is 6.92 Å². The van der Waals surface area contributed by atoms with E-state index in [9.17, 15) is 9.00 Å². The molecular formula is C11H15BrN2O2S. The number of carbonyl (C=O) groups is 1. The molecule has 1 aromatic heterocycles. The maximum Gasteiger partial charge on any atom is 0.252 e. The molecule has 0 fully saturated rings. The molecule has 0 aliphatic rings. The number of carbonyl (C=O) groups excluding carboxylic acids is 1. The second-order valence-electron chi connectivity index (χ2n) is 3.75. The fourth-order valence-electron chi connectivity index (χ4n) is 1.19. The van der Waals surface area contributed by atoms with Crippen LogP contribution in [0.15, 0.2) is 22.9 Å². The van der Waals surface area contributed by atoms with E-state index in [1.807, 2.05) is 6.92 Å². The van der Waals surface area contributed by atoms with Gasteiger partial charge in [-0.05, 0) is 28.4 Å². The van der Waals surface area contributed by atoms with E-state index in [4.69, 9.17) is 0 Å². The third-order valence-corrected chi connectivity index (χ3v) is 4.17. The zero-order chi connectivity index (χ0) is 12.8. The van der Waals surface area contributed by atoms with Gasteiger partial charge in [0.2, 0.25) is 0 Å². The molecule has 0 spiro atoms. The monoisotopic (exact) mass is 318 g/mol. The molecule has 1 amide bonds. The van der Waals surface area contributed by atoms with Crippen molar-refractivity contribution in [3.63, 3.8) is 0 Å². The summed E-state index contributed by atoms with van der Waals surface area (Å²) in [5.74, 6) is -0.159. The Kier molecular flexibility index (Phi) is 5.77. The molecule has 2 atom stereocenters. The molecule has 0 bridgehead atoms. The van der Waals surface area contributed by atoms with Crippen molar-refractivity contribution in [1.82, 2.24) is 10.3 Å². The molecular weight excluding hydrogens is 304 g/mol. The zero-order valence-corrected chi connectivity index (χ0v) is 12.2. The van der Waals surface area contributed by atoms with Gasteiger partial charge in [-0.15, -0.1) is 0 Å². The predicted molar refractivity (Wildman–Crippen MR) is 72.4 cm³/mol. The molecule has 0 aliphatic heterocycles. The Bertz CT molecular complexity index is 426.